The molecule has 20 heteroatoms. The molecule has 0 spiro atoms. The molecule has 4 saturated carbocycles. The largest absolute Gasteiger partial charge is 0.458 e. The van der Waals surface area contributed by atoms with Crippen LogP contribution >= 0.6 is 0 Å². The smallest absolute Gasteiger partial charge is 0.331 e. The molecule has 62 heavy (non-hydrogen) atoms. The summed E-state index contributed by atoms with van der Waals surface area (Å²) in [5.74, 6) is -1.21. The van der Waals surface area contributed by atoms with Crippen molar-refractivity contribution in [3.8, 4) is 0 Å². The van der Waals surface area contributed by atoms with Gasteiger partial charge in [-0.2, -0.15) is 14.7 Å². The molecule has 20 nitrogen and oxygen atoms in total. The third-order valence-electron chi connectivity index (χ3n) is 17.7. The number of hydrogen-bond acceptors (Lipinski definition) is 20. The number of cyclic esters (lactones) is 1. The number of aliphatic hydroxyl groups is 2. The summed E-state index contributed by atoms with van der Waals surface area (Å²) in [6.45, 7) is 11.4. The number of aliphatic hydroxyl groups excluding tert-OH is 1. The Balaban J connectivity index is 0.898. The third-order valence-corrected chi connectivity index (χ3v) is 17.7. The SMILES string of the molecule is CC1O[C@@H](O[C@H]2C(O)C[C@H](O[C@H]3C(N=O)C[C@H](O[C@H]4CC[C@]5(C)C6C[C@@](N)(N=O)[C@]7(C)[C@@H](C8=CC(=O)OC8)CC[C@]7(O)[C@]6(N)CC[C@]5(C)C4)OC3C)OC2C)CC(N=O)[C@@H]1N=O. The minimum atomic E-state index is -1.67. The number of carbonyl (C=O) groups is 1. The highest BCUT2D eigenvalue weighted by Crippen LogP contribution is 2.75. The molecule has 6 N–H and O–H groups in total. The van der Waals surface area contributed by atoms with Gasteiger partial charge in [0.25, 0.3) is 0 Å². The van der Waals surface area contributed by atoms with E-state index in [1.165, 1.54) is 6.08 Å². The summed E-state index contributed by atoms with van der Waals surface area (Å²) < 4.78 is 42.4. The van der Waals surface area contributed by atoms with E-state index in [2.05, 4.69) is 34.6 Å². The van der Waals surface area contributed by atoms with Crippen molar-refractivity contribution in [3.63, 3.8) is 0 Å². The minimum absolute atomic E-state index is 0.000656. The lowest BCUT2D eigenvalue weighted by Crippen LogP contribution is -2.84. The first-order valence-electron chi connectivity index (χ1n) is 22.3. The second kappa shape index (κ2) is 16.3. The fraction of sp³-hybridized carbons (Fsp3) is 0.929. The summed E-state index contributed by atoms with van der Waals surface area (Å²) in [6.07, 6.45) is -1.86. The second-order valence-electron chi connectivity index (χ2n) is 20.5. The van der Waals surface area contributed by atoms with Gasteiger partial charge in [-0.1, -0.05) is 36.3 Å². The maximum atomic E-state index is 13.0. The third kappa shape index (κ3) is 6.87. The maximum Gasteiger partial charge on any atom is 0.331 e. The van der Waals surface area contributed by atoms with E-state index in [1.807, 2.05) is 6.92 Å². The number of nitrogens with two attached hydrogens (primary N) is 2. The summed E-state index contributed by atoms with van der Waals surface area (Å²) in [5.41, 5.74) is 9.03. The number of nitroso groups, excluding NO2 is 4. The molecule has 21 atom stereocenters. The molecule has 0 amide bonds. The van der Waals surface area contributed by atoms with Gasteiger partial charge in [0.2, 0.25) is 0 Å². The Bertz CT molecular complexity index is 1800. The quantitative estimate of drug-likeness (QED) is 0.129. The summed E-state index contributed by atoms with van der Waals surface area (Å²) >= 11 is 0. The molecule has 8 aliphatic rings. The molecule has 3 saturated heterocycles. The molecule has 4 heterocycles. The van der Waals surface area contributed by atoms with Crippen molar-refractivity contribution in [2.24, 2.45) is 60.3 Å². The predicted molar refractivity (Wildman–Crippen MR) is 218 cm³/mol. The number of nitrogens with zero attached hydrogens (tertiary/aromatic N) is 4. The fourth-order valence-corrected chi connectivity index (χ4v) is 13.8. The van der Waals surface area contributed by atoms with E-state index in [1.54, 1.807) is 20.8 Å². The molecule has 4 aliphatic heterocycles. The molecule has 8 rings (SSSR count). The Morgan fingerprint density at radius 2 is 1.39 bits per heavy atom. The van der Waals surface area contributed by atoms with Gasteiger partial charge >= 0.3 is 5.97 Å². The normalized spacial score (nSPS) is 53.9. The molecule has 0 bridgehead atoms. The lowest BCUT2D eigenvalue weighted by atomic mass is 9.35. The zero-order valence-corrected chi connectivity index (χ0v) is 36.5. The first-order chi connectivity index (χ1) is 29.2. The van der Waals surface area contributed by atoms with E-state index in [-0.39, 0.29) is 49.7 Å². The lowest BCUT2D eigenvalue weighted by Gasteiger charge is -2.73. The van der Waals surface area contributed by atoms with Crippen LogP contribution in [0.2, 0.25) is 0 Å². The summed E-state index contributed by atoms with van der Waals surface area (Å²) in [5, 5.41) is 37.2. The number of esters is 1. The number of ether oxygens (including phenoxy) is 7. The van der Waals surface area contributed by atoms with Gasteiger partial charge in [-0.05, 0) is 106 Å². The van der Waals surface area contributed by atoms with Crippen molar-refractivity contribution >= 4 is 5.97 Å². The highest BCUT2D eigenvalue weighted by atomic mass is 16.7. The topological polar surface area (TPSA) is 292 Å². The van der Waals surface area contributed by atoms with Gasteiger partial charge < -0.3 is 54.8 Å². The van der Waals surface area contributed by atoms with Gasteiger partial charge in [-0.3, -0.25) is 0 Å². The van der Waals surface area contributed by atoms with Crippen molar-refractivity contribution in [3.05, 3.63) is 31.3 Å². The number of hydrogen-bond donors (Lipinski definition) is 4. The molecular weight excluding hydrogens is 812 g/mol. The van der Waals surface area contributed by atoms with Crippen LogP contribution in [0.1, 0.15) is 112 Å². The monoisotopic (exact) mass is 876 g/mol. The van der Waals surface area contributed by atoms with Crippen molar-refractivity contribution in [2.75, 3.05) is 6.61 Å². The first-order valence-corrected chi connectivity index (χ1v) is 22.3. The van der Waals surface area contributed by atoms with E-state index in [4.69, 9.17) is 44.6 Å². The molecule has 4 aliphatic carbocycles. The molecule has 346 valence electrons. The number of rotatable bonds is 11. The highest BCUT2D eigenvalue weighted by Gasteiger charge is 2.81. The number of carbonyl (C=O) groups excluding carboxylic acids is 1. The van der Waals surface area contributed by atoms with Crippen LogP contribution in [-0.4, -0.2) is 119 Å². The molecule has 0 aromatic rings. The zero-order valence-electron chi connectivity index (χ0n) is 36.5. The average molecular weight is 877 g/mol. The average Bonchev–Trinajstić information content (AvgIpc) is 3.79. The standard InChI is InChI=1S/C42H64N6O14/c1-20-34(47-54)26(45-52)14-32(57-20)62-36-22(3)59-33(16-28(36)49)61-35-21(2)58-31(15-27(35)46-53)60-24-7-9-38(5)29-18-42(44,48-55)39(6)25(23-13-30(50)56-19-23)8-10-41(39,51)40(29,43)12-11-37(38,4)17-24/h13,20-22,24-29,31-36,49,51H,7-12,14-19,43-44H2,1-6H3/t20?,21?,22?,24-,25+,26?,27?,28?,29?,31-,32-,33-,34+,35+,36+,37+,38+,39+,40-,41+,42+/m0/s1. The van der Waals surface area contributed by atoms with Gasteiger partial charge in [-0.25, -0.2) is 4.79 Å². The molecule has 7 unspecified atom stereocenters. The predicted octanol–water partition coefficient (Wildman–Crippen LogP) is 4.07. The van der Waals surface area contributed by atoms with Crippen LogP contribution < -0.4 is 11.5 Å². The van der Waals surface area contributed by atoms with Gasteiger partial charge in [0.15, 0.2) is 24.5 Å². The molecule has 7 fully saturated rings. The van der Waals surface area contributed by atoms with E-state index in [0.717, 1.165) is 0 Å². The Morgan fingerprint density at radius 3 is 2.02 bits per heavy atom. The zero-order chi connectivity index (χ0) is 44.8. The van der Waals surface area contributed by atoms with E-state index in [9.17, 15) is 34.6 Å². The van der Waals surface area contributed by atoms with Crippen molar-refractivity contribution in [1.29, 1.82) is 0 Å². The minimum Gasteiger partial charge on any atom is -0.458 e. The van der Waals surface area contributed by atoms with Crippen molar-refractivity contribution in [1.82, 2.24) is 0 Å². The molecular formula is C42H64N6O14. The van der Waals surface area contributed by atoms with Crippen LogP contribution in [-0.2, 0) is 38.0 Å². The molecule has 0 radical (unpaired) electrons. The maximum absolute atomic E-state index is 13.0. The van der Waals surface area contributed by atoms with Gasteiger partial charge in [-0.15, -0.1) is 4.91 Å². The highest BCUT2D eigenvalue weighted by molar-refractivity contribution is 5.85. The first kappa shape index (κ1) is 45.8. The van der Waals surface area contributed by atoms with Gasteiger partial charge in [0.1, 0.15) is 36.9 Å². The molecule has 0 aromatic heterocycles. The fourth-order valence-electron chi connectivity index (χ4n) is 13.8. The van der Waals surface area contributed by atoms with Crippen LogP contribution in [0, 0.1) is 47.7 Å². The Morgan fingerprint density at radius 1 is 0.758 bits per heavy atom. The van der Waals surface area contributed by atoms with Crippen molar-refractivity contribution in [2.45, 2.75) is 209 Å². The van der Waals surface area contributed by atoms with Gasteiger partial charge in [0.05, 0.1) is 36.1 Å². The lowest BCUT2D eigenvalue weighted by molar-refractivity contribution is -0.323. The summed E-state index contributed by atoms with van der Waals surface area (Å²) in [4.78, 5) is 60.1. The van der Waals surface area contributed by atoms with E-state index in [0.29, 0.717) is 50.5 Å². The van der Waals surface area contributed by atoms with Crippen LogP contribution in [0.4, 0.5) is 0 Å². The Hall–Kier alpha value is -2.79. The van der Waals surface area contributed by atoms with Crippen LogP contribution in [0.3, 0.4) is 0 Å². The van der Waals surface area contributed by atoms with E-state index < -0.39 is 113 Å². The van der Waals surface area contributed by atoms with Crippen LogP contribution in [0.15, 0.2) is 32.4 Å². The second-order valence-corrected chi connectivity index (χ2v) is 20.5. The van der Waals surface area contributed by atoms with Crippen LogP contribution in [0.25, 0.3) is 0 Å². The van der Waals surface area contributed by atoms with Crippen LogP contribution in [0.5, 0.6) is 0 Å². The van der Waals surface area contributed by atoms with Crippen molar-refractivity contribution < 1.29 is 48.2 Å². The Labute approximate surface area is 360 Å². The summed E-state index contributed by atoms with van der Waals surface area (Å²) in [7, 11) is 0. The van der Waals surface area contributed by atoms with E-state index >= 15 is 0 Å². The molecule has 0 aromatic carbocycles. The number of fused-ring (bicyclic) bond motifs is 5. The Kier molecular flexibility index (Phi) is 12.0. The van der Waals surface area contributed by atoms with Gasteiger partial charge in [0, 0.05) is 36.3 Å². The summed E-state index contributed by atoms with van der Waals surface area (Å²) in [6, 6.07) is -2.70.